The number of benzene rings is 1. The summed E-state index contributed by atoms with van der Waals surface area (Å²) in [6.07, 6.45) is 3.63. The number of Topliss-reactive ketones (excluding diaryl/α,β-unsaturated/α-hetero) is 1. The number of carbonyl (C=O) groups is 1. The fraction of sp³-hybridized carbons (Fsp3) is 0.154. The number of thiophene rings is 1. The van der Waals surface area contributed by atoms with E-state index >= 15 is 0 Å². The van der Waals surface area contributed by atoms with Crippen molar-refractivity contribution < 1.29 is 4.79 Å². The van der Waals surface area contributed by atoms with Crippen molar-refractivity contribution in [3.8, 4) is 0 Å². The minimum absolute atomic E-state index is 0.282. The molecule has 0 atom stereocenters. The van der Waals surface area contributed by atoms with Crippen LogP contribution in [0.1, 0.15) is 18.4 Å². The van der Waals surface area contributed by atoms with Gasteiger partial charge in [-0.05, 0) is 40.9 Å². The van der Waals surface area contributed by atoms with E-state index in [1.165, 1.54) is 10.1 Å². The van der Waals surface area contributed by atoms with Crippen molar-refractivity contribution in [2.75, 3.05) is 0 Å². The molecule has 15 heavy (non-hydrogen) atoms. The number of allylic oxidation sites excluding steroid dienone is 2. The van der Waals surface area contributed by atoms with E-state index in [2.05, 4.69) is 29.7 Å². The first-order chi connectivity index (χ1) is 7.34. The Labute approximate surface area is 92.0 Å². The Morgan fingerprint density at radius 1 is 1.20 bits per heavy atom. The third kappa shape index (κ3) is 1.41. The minimum atomic E-state index is 0.282. The number of rotatable bonds is 1. The van der Waals surface area contributed by atoms with E-state index in [1.807, 2.05) is 6.07 Å². The summed E-state index contributed by atoms with van der Waals surface area (Å²) in [5.41, 5.74) is 1.98. The molecule has 2 aromatic rings. The van der Waals surface area contributed by atoms with Crippen molar-refractivity contribution in [2.45, 2.75) is 12.8 Å². The lowest BCUT2D eigenvalue weighted by molar-refractivity contribution is -0.113. The summed E-state index contributed by atoms with van der Waals surface area (Å²) < 4.78 is 1.28. The average molecular weight is 214 g/mol. The zero-order valence-corrected chi connectivity index (χ0v) is 9.01. The van der Waals surface area contributed by atoms with E-state index in [4.69, 9.17) is 0 Å². The zero-order valence-electron chi connectivity index (χ0n) is 8.19. The fourth-order valence-corrected chi connectivity index (χ4v) is 2.78. The van der Waals surface area contributed by atoms with Gasteiger partial charge in [-0.2, -0.15) is 0 Å². The van der Waals surface area contributed by atoms with E-state index in [9.17, 15) is 4.79 Å². The summed E-state index contributed by atoms with van der Waals surface area (Å²) in [4.78, 5) is 11.6. The Kier molecular flexibility index (Phi) is 1.96. The van der Waals surface area contributed by atoms with Crippen LogP contribution in [0, 0.1) is 0 Å². The number of fused-ring (bicyclic) bond motifs is 1. The molecule has 1 heterocycles. The Hall–Kier alpha value is -1.41. The van der Waals surface area contributed by atoms with Gasteiger partial charge < -0.3 is 0 Å². The molecule has 1 aromatic carbocycles. The van der Waals surface area contributed by atoms with E-state index in [0.717, 1.165) is 17.6 Å². The van der Waals surface area contributed by atoms with Crippen LogP contribution in [-0.4, -0.2) is 5.78 Å². The van der Waals surface area contributed by atoms with Crippen LogP contribution < -0.4 is 0 Å². The second-order valence-electron chi connectivity index (χ2n) is 3.75. The molecule has 0 saturated carbocycles. The summed E-state index contributed by atoms with van der Waals surface area (Å²) in [5.74, 6) is 0.282. The lowest BCUT2D eigenvalue weighted by atomic mass is 10.0. The van der Waals surface area contributed by atoms with Gasteiger partial charge in [-0.3, -0.25) is 4.79 Å². The second-order valence-corrected chi connectivity index (χ2v) is 4.70. The summed E-state index contributed by atoms with van der Waals surface area (Å²) >= 11 is 1.73. The lowest BCUT2D eigenvalue weighted by Crippen LogP contribution is -1.94. The van der Waals surface area contributed by atoms with E-state index < -0.39 is 0 Å². The standard InChI is InChI=1S/C13H10OS/c14-12-3-1-2-11(12)9-4-5-13-10(8-9)6-7-15-13/h2,4-8H,1,3H2. The summed E-state index contributed by atoms with van der Waals surface area (Å²) in [7, 11) is 0. The molecular formula is C13H10OS. The van der Waals surface area contributed by atoms with E-state index in [0.29, 0.717) is 6.42 Å². The van der Waals surface area contributed by atoms with Crippen LogP contribution in [0.25, 0.3) is 15.7 Å². The van der Waals surface area contributed by atoms with Gasteiger partial charge in [0.05, 0.1) is 0 Å². The van der Waals surface area contributed by atoms with Crippen LogP contribution in [0.4, 0.5) is 0 Å². The van der Waals surface area contributed by atoms with Crippen molar-refractivity contribution in [3.63, 3.8) is 0 Å². The Balaban J connectivity index is 2.15. The predicted molar refractivity (Wildman–Crippen MR) is 64.0 cm³/mol. The molecule has 0 radical (unpaired) electrons. The predicted octanol–water partition coefficient (Wildman–Crippen LogP) is 3.65. The Bertz CT molecular complexity index is 563. The molecule has 0 saturated heterocycles. The molecule has 3 rings (SSSR count). The van der Waals surface area contributed by atoms with Crippen molar-refractivity contribution in [1.29, 1.82) is 0 Å². The van der Waals surface area contributed by atoms with Gasteiger partial charge >= 0.3 is 0 Å². The molecule has 0 amide bonds. The van der Waals surface area contributed by atoms with E-state index in [-0.39, 0.29) is 5.78 Å². The van der Waals surface area contributed by atoms with Gasteiger partial charge in [0.1, 0.15) is 0 Å². The van der Waals surface area contributed by atoms with Crippen molar-refractivity contribution in [3.05, 3.63) is 41.3 Å². The van der Waals surface area contributed by atoms with Gasteiger partial charge in [0, 0.05) is 16.7 Å². The first-order valence-electron chi connectivity index (χ1n) is 5.05. The minimum Gasteiger partial charge on any atom is -0.294 e. The summed E-state index contributed by atoms with van der Waals surface area (Å²) in [5, 5.41) is 3.32. The molecule has 0 fully saturated rings. The number of hydrogen-bond donors (Lipinski definition) is 0. The Morgan fingerprint density at radius 2 is 2.13 bits per heavy atom. The van der Waals surface area contributed by atoms with Gasteiger partial charge in [-0.1, -0.05) is 12.1 Å². The van der Waals surface area contributed by atoms with Crippen LogP contribution in [0.5, 0.6) is 0 Å². The molecule has 74 valence electrons. The van der Waals surface area contributed by atoms with Gasteiger partial charge in [0.25, 0.3) is 0 Å². The second kappa shape index (κ2) is 3.31. The molecule has 0 unspecified atom stereocenters. The SMILES string of the molecule is O=C1CCC=C1c1ccc2sccc2c1. The van der Waals surface area contributed by atoms with Crippen LogP contribution >= 0.6 is 11.3 Å². The number of ketones is 1. The molecule has 0 bridgehead atoms. The highest BCUT2D eigenvalue weighted by atomic mass is 32.1. The third-order valence-corrected chi connectivity index (χ3v) is 3.68. The first-order valence-corrected chi connectivity index (χ1v) is 5.93. The van der Waals surface area contributed by atoms with Crippen LogP contribution in [0.3, 0.4) is 0 Å². The van der Waals surface area contributed by atoms with Crippen LogP contribution in [-0.2, 0) is 4.79 Å². The topological polar surface area (TPSA) is 17.1 Å². The third-order valence-electron chi connectivity index (χ3n) is 2.78. The number of carbonyl (C=O) groups excluding carboxylic acids is 1. The van der Waals surface area contributed by atoms with Crippen molar-refractivity contribution >= 4 is 32.8 Å². The largest absolute Gasteiger partial charge is 0.294 e. The maximum atomic E-state index is 11.6. The molecule has 1 aromatic heterocycles. The highest BCUT2D eigenvalue weighted by molar-refractivity contribution is 7.17. The molecule has 0 spiro atoms. The molecule has 1 aliphatic rings. The molecule has 1 nitrogen and oxygen atoms in total. The van der Waals surface area contributed by atoms with Gasteiger partial charge in [0.15, 0.2) is 5.78 Å². The maximum Gasteiger partial charge on any atom is 0.163 e. The van der Waals surface area contributed by atoms with Gasteiger partial charge in [0.2, 0.25) is 0 Å². The molecule has 1 aliphatic carbocycles. The van der Waals surface area contributed by atoms with Gasteiger partial charge in [-0.15, -0.1) is 11.3 Å². The highest BCUT2D eigenvalue weighted by Gasteiger charge is 2.16. The van der Waals surface area contributed by atoms with Crippen molar-refractivity contribution in [1.82, 2.24) is 0 Å². The molecule has 0 N–H and O–H groups in total. The lowest BCUT2D eigenvalue weighted by Gasteiger charge is -2.00. The maximum absolute atomic E-state index is 11.6. The van der Waals surface area contributed by atoms with Crippen LogP contribution in [0.15, 0.2) is 35.7 Å². The summed E-state index contributed by atoms with van der Waals surface area (Å²) in [6, 6.07) is 8.36. The van der Waals surface area contributed by atoms with E-state index in [1.54, 1.807) is 11.3 Å². The van der Waals surface area contributed by atoms with Crippen molar-refractivity contribution in [2.24, 2.45) is 0 Å². The number of hydrogen-bond acceptors (Lipinski definition) is 2. The first kappa shape index (κ1) is 8.86. The monoisotopic (exact) mass is 214 g/mol. The molecule has 2 heteroatoms. The Morgan fingerprint density at radius 3 is 2.93 bits per heavy atom. The molecular weight excluding hydrogens is 204 g/mol. The smallest absolute Gasteiger partial charge is 0.163 e. The quantitative estimate of drug-likeness (QED) is 0.708. The summed E-state index contributed by atoms with van der Waals surface area (Å²) in [6.45, 7) is 0. The normalized spacial score (nSPS) is 16.0. The van der Waals surface area contributed by atoms with Crippen LogP contribution in [0.2, 0.25) is 0 Å². The fourth-order valence-electron chi connectivity index (χ4n) is 2.01. The van der Waals surface area contributed by atoms with Gasteiger partial charge in [-0.25, -0.2) is 0 Å². The molecule has 0 aliphatic heterocycles. The zero-order chi connectivity index (χ0) is 10.3. The average Bonchev–Trinajstić information content (AvgIpc) is 2.84. The highest BCUT2D eigenvalue weighted by Crippen LogP contribution is 2.29.